The molecule has 0 fully saturated rings. The van der Waals surface area contributed by atoms with Gasteiger partial charge < -0.3 is 10.1 Å². The molecule has 7 heteroatoms. The van der Waals surface area contributed by atoms with Crippen molar-refractivity contribution < 1.29 is 23.9 Å². The second-order valence-electron chi connectivity index (χ2n) is 7.89. The Labute approximate surface area is 165 Å². The van der Waals surface area contributed by atoms with Crippen molar-refractivity contribution in [2.45, 2.75) is 47.1 Å². The fourth-order valence-electron chi connectivity index (χ4n) is 2.74. The number of benzene rings is 1. The Bertz CT molecular complexity index is 785. The van der Waals surface area contributed by atoms with E-state index in [9.17, 15) is 19.2 Å². The minimum atomic E-state index is -0.959. The van der Waals surface area contributed by atoms with Gasteiger partial charge in [-0.1, -0.05) is 27.7 Å². The number of ether oxygens (including phenoxy) is 1. The molecule has 0 bridgehead atoms. The van der Waals surface area contributed by atoms with Gasteiger partial charge in [-0.05, 0) is 43.4 Å². The van der Waals surface area contributed by atoms with Crippen LogP contribution >= 0.6 is 0 Å². The maximum atomic E-state index is 12.6. The first kappa shape index (κ1) is 21.6. The Morgan fingerprint density at radius 2 is 1.64 bits per heavy atom. The number of amides is 3. The van der Waals surface area contributed by atoms with Gasteiger partial charge in [0.25, 0.3) is 17.7 Å². The average Bonchev–Trinajstić information content (AvgIpc) is 2.87. The highest BCUT2D eigenvalue weighted by Gasteiger charge is 2.36. The van der Waals surface area contributed by atoms with Crippen molar-refractivity contribution in [1.29, 1.82) is 0 Å². The maximum absolute atomic E-state index is 12.6. The fourth-order valence-corrected chi connectivity index (χ4v) is 2.74. The molecule has 0 aromatic heterocycles. The van der Waals surface area contributed by atoms with Crippen molar-refractivity contribution in [2.24, 2.45) is 11.8 Å². The van der Waals surface area contributed by atoms with Gasteiger partial charge in [0.1, 0.15) is 0 Å². The van der Waals surface area contributed by atoms with Gasteiger partial charge >= 0.3 is 5.97 Å². The summed E-state index contributed by atoms with van der Waals surface area (Å²) in [6.07, 6.45) is -0.247. The molecule has 2 rings (SSSR count). The molecule has 152 valence electrons. The number of hydrogen-bond acceptors (Lipinski definition) is 5. The first-order chi connectivity index (χ1) is 13.1. The number of fused-ring (bicyclic) bond motifs is 1. The minimum absolute atomic E-state index is 0.133. The summed E-state index contributed by atoms with van der Waals surface area (Å²) in [7, 11) is 0. The van der Waals surface area contributed by atoms with Crippen LogP contribution in [0.15, 0.2) is 18.2 Å². The zero-order valence-electron chi connectivity index (χ0n) is 17.1. The molecule has 1 aromatic carbocycles. The van der Waals surface area contributed by atoms with Gasteiger partial charge in [0.2, 0.25) is 0 Å². The molecule has 1 aromatic rings. The van der Waals surface area contributed by atoms with E-state index in [2.05, 4.69) is 5.32 Å². The smallest absolute Gasteiger partial charge is 0.338 e. The van der Waals surface area contributed by atoms with E-state index in [-0.39, 0.29) is 34.4 Å². The normalized spacial score (nSPS) is 14.5. The summed E-state index contributed by atoms with van der Waals surface area (Å²) in [5.41, 5.74) is 0.613. The van der Waals surface area contributed by atoms with Crippen LogP contribution in [0.4, 0.5) is 0 Å². The van der Waals surface area contributed by atoms with E-state index in [1.165, 1.54) is 30.0 Å². The Kier molecular flexibility index (Phi) is 6.94. The first-order valence-corrected chi connectivity index (χ1v) is 9.60. The van der Waals surface area contributed by atoms with Crippen molar-refractivity contribution in [1.82, 2.24) is 10.2 Å². The molecule has 0 saturated heterocycles. The lowest BCUT2D eigenvalue weighted by Gasteiger charge is -2.15. The lowest BCUT2D eigenvalue weighted by atomic mass is 10.1. The number of nitrogens with zero attached hydrogens (tertiary/aromatic N) is 1. The number of carbonyl (C=O) groups is 4. The van der Waals surface area contributed by atoms with E-state index in [0.717, 1.165) is 0 Å². The van der Waals surface area contributed by atoms with Crippen LogP contribution in [-0.4, -0.2) is 47.8 Å². The molecule has 28 heavy (non-hydrogen) atoms. The minimum Gasteiger partial charge on any atom is -0.449 e. The molecule has 1 heterocycles. The van der Waals surface area contributed by atoms with Gasteiger partial charge in [-0.25, -0.2) is 4.79 Å². The van der Waals surface area contributed by atoms with Gasteiger partial charge in [0, 0.05) is 13.1 Å². The summed E-state index contributed by atoms with van der Waals surface area (Å²) in [5.74, 6) is -1.20. The molecule has 7 nitrogen and oxygen atoms in total. The maximum Gasteiger partial charge on any atom is 0.338 e. The van der Waals surface area contributed by atoms with Crippen molar-refractivity contribution in [3.8, 4) is 0 Å². The summed E-state index contributed by atoms with van der Waals surface area (Å²) in [5, 5.41) is 2.70. The van der Waals surface area contributed by atoms with Crippen LogP contribution in [0.2, 0.25) is 0 Å². The summed E-state index contributed by atoms with van der Waals surface area (Å²) in [4.78, 5) is 50.5. The molecule has 0 saturated carbocycles. The largest absolute Gasteiger partial charge is 0.449 e. The SMILES string of the molecule is CC(C)CCN1C(=O)c2ccc(C(=O)O[C@H](C)C(=O)NCC(C)C)cc2C1=O. The van der Waals surface area contributed by atoms with Crippen LogP contribution in [0.5, 0.6) is 0 Å². The molecule has 1 atom stereocenters. The van der Waals surface area contributed by atoms with Crippen LogP contribution in [0.3, 0.4) is 0 Å². The highest BCUT2D eigenvalue weighted by molar-refractivity contribution is 6.22. The Morgan fingerprint density at radius 3 is 2.25 bits per heavy atom. The molecule has 0 spiro atoms. The van der Waals surface area contributed by atoms with Crippen molar-refractivity contribution in [2.75, 3.05) is 13.1 Å². The zero-order valence-corrected chi connectivity index (χ0v) is 17.1. The number of imide groups is 1. The molecule has 1 aliphatic rings. The Balaban J connectivity index is 2.08. The van der Waals surface area contributed by atoms with Crippen LogP contribution in [0, 0.1) is 11.8 Å². The van der Waals surface area contributed by atoms with Crippen molar-refractivity contribution >= 4 is 23.7 Å². The molecule has 1 aliphatic heterocycles. The van der Waals surface area contributed by atoms with Crippen molar-refractivity contribution in [3.63, 3.8) is 0 Å². The summed E-state index contributed by atoms with van der Waals surface area (Å²) < 4.78 is 5.20. The second kappa shape index (κ2) is 8.99. The summed E-state index contributed by atoms with van der Waals surface area (Å²) in [6.45, 7) is 10.3. The predicted molar refractivity (Wildman–Crippen MR) is 104 cm³/mol. The number of rotatable bonds is 8. The summed E-state index contributed by atoms with van der Waals surface area (Å²) >= 11 is 0. The number of nitrogens with one attached hydrogen (secondary N) is 1. The standard InChI is InChI=1S/C21H28N2O5/c1-12(2)8-9-23-19(25)16-7-6-15(10-17(16)20(23)26)21(27)28-14(5)18(24)22-11-13(3)4/h6-7,10,12-14H,8-9,11H2,1-5H3,(H,22,24)/t14-/m1/s1. The van der Waals surface area contributed by atoms with Gasteiger partial charge in [-0.2, -0.15) is 0 Å². The molecule has 3 amide bonds. The third-order valence-electron chi connectivity index (χ3n) is 4.47. The third kappa shape index (κ3) is 4.97. The van der Waals surface area contributed by atoms with E-state index in [1.54, 1.807) is 0 Å². The van der Waals surface area contributed by atoms with E-state index < -0.39 is 18.0 Å². The highest BCUT2D eigenvalue weighted by Crippen LogP contribution is 2.25. The van der Waals surface area contributed by atoms with E-state index in [4.69, 9.17) is 4.74 Å². The number of esters is 1. The van der Waals surface area contributed by atoms with Crippen LogP contribution in [0.25, 0.3) is 0 Å². The summed E-state index contributed by atoms with van der Waals surface area (Å²) in [6, 6.07) is 4.27. The molecular formula is C21H28N2O5. The monoisotopic (exact) mass is 388 g/mol. The highest BCUT2D eigenvalue weighted by atomic mass is 16.5. The van der Waals surface area contributed by atoms with Gasteiger partial charge in [0.15, 0.2) is 6.10 Å². The molecule has 0 aliphatic carbocycles. The van der Waals surface area contributed by atoms with Gasteiger partial charge in [0.05, 0.1) is 16.7 Å². The molecule has 0 radical (unpaired) electrons. The first-order valence-electron chi connectivity index (χ1n) is 9.60. The lowest BCUT2D eigenvalue weighted by molar-refractivity contribution is -0.129. The lowest BCUT2D eigenvalue weighted by Crippen LogP contribution is -2.37. The topological polar surface area (TPSA) is 92.8 Å². The molecule has 0 unspecified atom stereocenters. The number of hydrogen-bond donors (Lipinski definition) is 1. The quantitative estimate of drug-likeness (QED) is 0.546. The van der Waals surface area contributed by atoms with E-state index >= 15 is 0 Å². The van der Waals surface area contributed by atoms with Crippen LogP contribution in [0.1, 0.15) is 72.1 Å². The van der Waals surface area contributed by atoms with E-state index in [0.29, 0.717) is 25.4 Å². The predicted octanol–water partition coefficient (Wildman–Crippen LogP) is 2.65. The third-order valence-corrected chi connectivity index (χ3v) is 4.47. The Hall–Kier alpha value is -2.70. The van der Waals surface area contributed by atoms with Crippen molar-refractivity contribution in [3.05, 3.63) is 34.9 Å². The number of carbonyl (C=O) groups excluding carboxylic acids is 4. The fraction of sp³-hybridized carbons (Fsp3) is 0.524. The average molecular weight is 388 g/mol. The molecule has 1 N–H and O–H groups in total. The van der Waals surface area contributed by atoms with Crippen LogP contribution in [-0.2, 0) is 9.53 Å². The van der Waals surface area contributed by atoms with Gasteiger partial charge in [-0.15, -0.1) is 0 Å². The zero-order chi connectivity index (χ0) is 21.0. The second-order valence-corrected chi connectivity index (χ2v) is 7.89. The van der Waals surface area contributed by atoms with E-state index in [1.807, 2.05) is 27.7 Å². The van der Waals surface area contributed by atoms with Crippen LogP contribution < -0.4 is 5.32 Å². The van der Waals surface area contributed by atoms with Gasteiger partial charge in [-0.3, -0.25) is 19.3 Å². The Morgan fingerprint density at radius 1 is 1.00 bits per heavy atom. The molecular weight excluding hydrogens is 360 g/mol.